The summed E-state index contributed by atoms with van der Waals surface area (Å²) in [5.74, 6) is 0.941. The summed E-state index contributed by atoms with van der Waals surface area (Å²) in [4.78, 5) is 12.6. The monoisotopic (exact) mass is 544 g/mol. The normalized spacial score (nSPS) is 10.8. The van der Waals surface area contributed by atoms with Gasteiger partial charge in [0.05, 0.1) is 23.4 Å². The lowest BCUT2D eigenvalue weighted by molar-refractivity contribution is -0.113. The molecule has 10 heteroatoms. The number of aromatic nitrogens is 3. The predicted molar refractivity (Wildman–Crippen MR) is 134 cm³/mol. The highest BCUT2D eigenvalue weighted by Crippen LogP contribution is 2.34. The highest BCUT2D eigenvalue weighted by Gasteiger charge is 2.20. The Labute approximate surface area is 207 Å². The first-order valence-electron chi connectivity index (χ1n) is 9.72. The molecule has 0 atom stereocenters. The van der Waals surface area contributed by atoms with Crippen molar-refractivity contribution < 1.29 is 14.6 Å². The van der Waals surface area contributed by atoms with Crippen molar-refractivity contribution >= 4 is 50.9 Å². The Morgan fingerprint density at radius 1 is 1.15 bits per heavy atom. The standard InChI is InChI=1S/C23H18BrClN4O3S/c1-32-20-10-8-15(12-18(20)25)26-21(31)13-33-23-28-27-22(17-11-14(24)7-9-19(17)30)29(23)16-5-3-2-4-6-16/h2-12,30H,13H2,1H3,(H,26,31). The number of ether oxygens (including phenoxy) is 1. The fraction of sp³-hybridized carbons (Fsp3) is 0.0870. The van der Waals surface area contributed by atoms with Crippen LogP contribution in [0.5, 0.6) is 11.5 Å². The quantitative estimate of drug-likeness (QED) is 0.286. The molecule has 0 spiro atoms. The number of halogens is 2. The second-order valence-electron chi connectivity index (χ2n) is 6.82. The number of thioether (sulfide) groups is 1. The number of rotatable bonds is 7. The number of phenolic OH excluding ortho intramolecular Hbond substituents is 1. The maximum atomic E-state index is 12.6. The Hall–Kier alpha value is -3.01. The van der Waals surface area contributed by atoms with Gasteiger partial charge in [-0.2, -0.15) is 0 Å². The number of methoxy groups -OCH3 is 1. The van der Waals surface area contributed by atoms with Crippen LogP contribution in [0.3, 0.4) is 0 Å². The predicted octanol–water partition coefficient (Wildman–Crippen LogP) is 5.80. The highest BCUT2D eigenvalue weighted by atomic mass is 79.9. The average molecular weight is 546 g/mol. The van der Waals surface area contributed by atoms with Gasteiger partial charge in [0.2, 0.25) is 5.91 Å². The lowest BCUT2D eigenvalue weighted by Gasteiger charge is -2.12. The van der Waals surface area contributed by atoms with Crippen LogP contribution in [-0.2, 0) is 4.79 Å². The van der Waals surface area contributed by atoms with Crippen molar-refractivity contribution in [3.63, 3.8) is 0 Å². The third-order valence-corrected chi connectivity index (χ3v) is 6.33. The molecule has 0 radical (unpaired) electrons. The molecule has 4 rings (SSSR count). The number of aromatic hydroxyl groups is 1. The number of carbonyl (C=O) groups excluding carboxylic acids is 1. The van der Waals surface area contributed by atoms with E-state index in [2.05, 4.69) is 31.4 Å². The first kappa shape index (κ1) is 23.2. The van der Waals surface area contributed by atoms with Gasteiger partial charge in [0, 0.05) is 15.8 Å². The number of phenols is 1. The average Bonchev–Trinajstić information content (AvgIpc) is 3.24. The van der Waals surface area contributed by atoms with Gasteiger partial charge >= 0.3 is 0 Å². The number of anilines is 1. The van der Waals surface area contributed by atoms with Gasteiger partial charge in [0.15, 0.2) is 11.0 Å². The van der Waals surface area contributed by atoms with E-state index in [1.165, 1.54) is 18.9 Å². The largest absolute Gasteiger partial charge is 0.507 e. The van der Waals surface area contributed by atoms with Crippen molar-refractivity contribution in [2.75, 3.05) is 18.2 Å². The van der Waals surface area contributed by atoms with Crippen LogP contribution in [0.25, 0.3) is 17.1 Å². The van der Waals surface area contributed by atoms with E-state index < -0.39 is 0 Å². The number of nitrogens with zero attached hydrogens (tertiary/aromatic N) is 3. The van der Waals surface area contributed by atoms with Crippen LogP contribution in [0.15, 0.2) is 76.4 Å². The van der Waals surface area contributed by atoms with Crippen LogP contribution >= 0.6 is 39.3 Å². The van der Waals surface area contributed by atoms with Gasteiger partial charge in [-0.1, -0.05) is 57.5 Å². The van der Waals surface area contributed by atoms with Gasteiger partial charge in [0.1, 0.15) is 11.5 Å². The van der Waals surface area contributed by atoms with Crippen molar-refractivity contribution in [2.45, 2.75) is 5.16 Å². The molecule has 0 saturated heterocycles. The van der Waals surface area contributed by atoms with Gasteiger partial charge in [-0.3, -0.25) is 9.36 Å². The molecular weight excluding hydrogens is 528 g/mol. The zero-order valence-corrected chi connectivity index (χ0v) is 20.5. The summed E-state index contributed by atoms with van der Waals surface area (Å²) in [6, 6.07) is 19.7. The van der Waals surface area contributed by atoms with Crippen molar-refractivity contribution in [1.29, 1.82) is 0 Å². The van der Waals surface area contributed by atoms with E-state index in [0.717, 1.165) is 10.2 Å². The second-order valence-corrected chi connectivity index (χ2v) is 9.09. The molecule has 3 aromatic carbocycles. The second kappa shape index (κ2) is 10.3. The van der Waals surface area contributed by atoms with Crippen LogP contribution in [0.2, 0.25) is 5.02 Å². The van der Waals surface area contributed by atoms with E-state index in [1.54, 1.807) is 36.4 Å². The lowest BCUT2D eigenvalue weighted by Crippen LogP contribution is -2.14. The number of nitrogens with one attached hydrogen (secondary N) is 1. The molecule has 0 unspecified atom stereocenters. The van der Waals surface area contributed by atoms with E-state index in [9.17, 15) is 9.90 Å². The fourth-order valence-electron chi connectivity index (χ4n) is 3.11. The van der Waals surface area contributed by atoms with E-state index in [1.807, 2.05) is 34.9 Å². The van der Waals surface area contributed by atoms with Crippen LogP contribution in [-0.4, -0.2) is 38.6 Å². The number of para-hydroxylation sites is 1. The summed E-state index contributed by atoms with van der Waals surface area (Å²) in [7, 11) is 1.53. The highest BCUT2D eigenvalue weighted by molar-refractivity contribution is 9.10. The maximum Gasteiger partial charge on any atom is 0.234 e. The van der Waals surface area contributed by atoms with Gasteiger partial charge in [-0.25, -0.2) is 0 Å². The van der Waals surface area contributed by atoms with Crippen LogP contribution < -0.4 is 10.1 Å². The number of amides is 1. The molecule has 33 heavy (non-hydrogen) atoms. The number of benzene rings is 3. The fourth-order valence-corrected chi connectivity index (χ4v) is 4.48. The van der Waals surface area contributed by atoms with Crippen molar-refractivity contribution in [1.82, 2.24) is 14.8 Å². The molecule has 0 aliphatic rings. The zero-order chi connectivity index (χ0) is 23.4. The molecule has 1 amide bonds. The van der Waals surface area contributed by atoms with Crippen LogP contribution in [0, 0.1) is 0 Å². The minimum absolute atomic E-state index is 0.0773. The molecule has 1 heterocycles. The molecule has 168 valence electrons. The first-order chi connectivity index (χ1) is 16.0. The summed E-state index contributed by atoms with van der Waals surface area (Å²) in [5, 5.41) is 22.7. The summed E-state index contributed by atoms with van der Waals surface area (Å²) < 4.78 is 7.74. The molecule has 0 fully saturated rings. The third-order valence-electron chi connectivity index (χ3n) is 4.62. The first-order valence-corrected chi connectivity index (χ1v) is 11.9. The van der Waals surface area contributed by atoms with E-state index in [-0.39, 0.29) is 17.4 Å². The Morgan fingerprint density at radius 2 is 1.94 bits per heavy atom. The molecule has 2 N–H and O–H groups in total. The zero-order valence-electron chi connectivity index (χ0n) is 17.3. The summed E-state index contributed by atoms with van der Waals surface area (Å²) in [6.45, 7) is 0. The maximum absolute atomic E-state index is 12.6. The van der Waals surface area contributed by atoms with Crippen LogP contribution in [0.1, 0.15) is 0 Å². The topological polar surface area (TPSA) is 89.3 Å². The van der Waals surface area contributed by atoms with Gasteiger partial charge < -0.3 is 15.2 Å². The van der Waals surface area contributed by atoms with Crippen molar-refractivity contribution in [2.24, 2.45) is 0 Å². The third kappa shape index (κ3) is 5.32. The molecule has 0 aliphatic heterocycles. The van der Waals surface area contributed by atoms with E-state index in [0.29, 0.717) is 33.0 Å². The molecule has 1 aromatic heterocycles. The number of hydrogen-bond acceptors (Lipinski definition) is 6. The summed E-state index contributed by atoms with van der Waals surface area (Å²) in [5.41, 5.74) is 1.89. The number of hydrogen-bond donors (Lipinski definition) is 2. The minimum Gasteiger partial charge on any atom is -0.507 e. The molecular formula is C23H18BrClN4O3S. The van der Waals surface area contributed by atoms with Crippen LogP contribution in [0.4, 0.5) is 5.69 Å². The molecule has 0 bridgehead atoms. The van der Waals surface area contributed by atoms with Gasteiger partial charge in [0.25, 0.3) is 0 Å². The smallest absolute Gasteiger partial charge is 0.234 e. The molecule has 0 saturated carbocycles. The van der Waals surface area contributed by atoms with E-state index >= 15 is 0 Å². The Balaban J connectivity index is 1.59. The summed E-state index contributed by atoms with van der Waals surface area (Å²) in [6.07, 6.45) is 0. The Kier molecular flexibility index (Phi) is 7.22. The number of carbonyl (C=O) groups is 1. The molecule has 7 nitrogen and oxygen atoms in total. The molecule has 4 aromatic rings. The Morgan fingerprint density at radius 3 is 2.67 bits per heavy atom. The molecule has 0 aliphatic carbocycles. The van der Waals surface area contributed by atoms with Crippen molar-refractivity contribution in [3.8, 4) is 28.6 Å². The van der Waals surface area contributed by atoms with Gasteiger partial charge in [-0.15, -0.1) is 10.2 Å². The Bertz CT molecular complexity index is 1300. The SMILES string of the molecule is COc1ccc(NC(=O)CSc2nnc(-c3cc(Br)ccc3O)n2-c2ccccc2)cc1Cl. The van der Waals surface area contributed by atoms with E-state index in [4.69, 9.17) is 16.3 Å². The lowest BCUT2D eigenvalue weighted by atomic mass is 10.2. The minimum atomic E-state index is -0.226. The van der Waals surface area contributed by atoms with Crippen molar-refractivity contribution in [3.05, 3.63) is 76.2 Å². The summed E-state index contributed by atoms with van der Waals surface area (Å²) >= 11 is 10.8. The van der Waals surface area contributed by atoms with Gasteiger partial charge in [-0.05, 0) is 48.5 Å².